The van der Waals surface area contributed by atoms with Crippen LogP contribution < -0.4 is 10.6 Å². The highest BCUT2D eigenvalue weighted by Gasteiger charge is 2.19. The van der Waals surface area contributed by atoms with Gasteiger partial charge >= 0.3 is 0 Å². The molecule has 2 N–H and O–H groups in total. The molecule has 94 valence electrons. The number of hydrogen-bond acceptors (Lipinski definition) is 5. The van der Waals surface area contributed by atoms with E-state index in [0.717, 1.165) is 25.8 Å². The van der Waals surface area contributed by atoms with Gasteiger partial charge in [0.1, 0.15) is 0 Å². The van der Waals surface area contributed by atoms with E-state index < -0.39 is 0 Å². The molecule has 0 aliphatic carbocycles. The van der Waals surface area contributed by atoms with Crippen molar-refractivity contribution in [1.82, 2.24) is 20.8 Å². The van der Waals surface area contributed by atoms with Gasteiger partial charge in [-0.15, -0.1) is 0 Å². The minimum Gasteiger partial charge on any atom is -0.355 e. The largest absolute Gasteiger partial charge is 0.355 e. The van der Waals surface area contributed by atoms with Gasteiger partial charge in [-0.1, -0.05) is 5.16 Å². The zero-order valence-corrected chi connectivity index (χ0v) is 10.0. The topological polar surface area (TPSA) is 80.0 Å². The third-order valence-electron chi connectivity index (χ3n) is 2.83. The monoisotopic (exact) mass is 238 g/mol. The molecule has 6 nitrogen and oxygen atoms in total. The van der Waals surface area contributed by atoms with Crippen molar-refractivity contribution in [2.45, 2.75) is 38.6 Å². The Morgan fingerprint density at radius 2 is 2.41 bits per heavy atom. The summed E-state index contributed by atoms with van der Waals surface area (Å²) >= 11 is 0. The summed E-state index contributed by atoms with van der Waals surface area (Å²) in [6.07, 6.45) is 3.70. The Bertz CT molecular complexity index is 377. The van der Waals surface area contributed by atoms with Crippen LogP contribution in [-0.4, -0.2) is 35.2 Å². The summed E-state index contributed by atoms with van der Waals surface area (Å²) in [5.41, 5.74) is 0. The Hall–Kier alpha value is -1.43. The van der Waals surface area contributed by atoms with Gasteiger partial charge in [0.15, 0.2) is 5.82 Å². The number of amides is 1. The Morgan fingerprint density at radius 3 is 3.18 bits per heavy atom. The van der Waals surface area contributed by atoms with E-state index >= 15 is 0 Å². The quantitative estimate of drug-likeness (QED) is 0.782. The van der Waals surface area contributed by atoms with E-state index in [1.165, 1.54) is 0 Å². The van der Waals surface area contributed by atoms with Gasteiger partial charge in [-0.25, -0.2) is 0 Å². The highest BCUT2D eigenvalue weighted by molar-refractivity contribution is 5.81. The van der Waals surface area contributed by atoms with Crippen LogP contribution in [0.1, 0.15) is 31.0 Å². The van der Waals surface area contributed by atoms with E-state index in [9.17, 15) is 4.79 Å². The lowest BCUT2D eigenvalue weighted by molar-refractivity contribution is -0.122. The molecular formula is C11H18N4O2. The van der Waals surface area contributed by atoms with E-state index in [2.05, 4.69) is 20.8 Å². The van der Waals surface area contributed by atoms with E-state index in [0.29, 0.717) is 24.7 Å². The Balaban J connectivity index is 1.75. The molecule has 1 aliphatic heterocycles. The van der Waals surface area contributed by atoms with Crippen molar-refractivity contribution in [3.8, 4) is 0 Å². The van der Waals surface area contributed by atoms with E-state index in [4.69, 9.17) is 4.52 Å². The summed E-state index contributed by atoms with van der Waals surface area (Å²) in [6.45, 7) is 3.26. The molecular weight excluding hydrogens is 220 g/mol. The molecule has 1 unspecified atom stereocenters. The van der Waals surface area contributed by atoms with Crippen LogP contribution in [0.4, 0.5) is 0 Å². The lowest BCUT2D eigenvalue weighted by atomic mass is 10.1. The fourth-order valence-electron chi connectivity index (χ4n) is 1.93. The first-order valence-electron chi connectivity index (χ1n) is 6.06. The molecule has 0 spiro atoms. The second-order valence-electron chi connectivity index (χ2n) is 4.28. The summed E-state index contributed by atoms with van der Waals surface area (Å²) < 4.78 is 5.00. The smallest absolute Gasteiger partial charge is 0.237 e. The maximum Gasteiger partial charge on any atom is 0.237 e. The number of hydrogen-bond donors (Lipinski definition) is 2. The van der Waals surface area contributed by atoms with Crippen LogP contribution in [0.25, 0.3) is 0 Å². The Morgan fingerprint density at radius 1 is 1.53 bits per heavy atom. The van der Waals surface area contributed by atoms with Gasteiger partial charge in [-0.05, 0) is 26.2 Å². The molecule has 1 aromatic rings. The van der Waals surface area contributed by atoms with E-state index in [1.54, 1.807) is 6.92 Å². The fourth-order valence-corrected chi connectivity index (χ4v) is 1.93. The summed E-state index contributed by atoms with van der Waals surface area (Å²) in [5, 5.41) is 9.84. The van der Waals surface area contributed by atoms with Gasteiger partial charge in [0.05, 0.1) is 6.04 Å². The zero-order valence-electron chi connectivity index (χ0n) is 10.0. The second-order valence-corrected chi connectivity index (χ2v) is 4.28. The normalized spacial score (nSPS) is 21.0. The van der Waals surface area contributed by atoms with Crippen molar-refractivity contribution in [3.63, 3.8) is 0 Å². The molecule has 1 aromatic heterocycles. The highest BCUT2D eigenvalue weighted by atomic mass is 16.5. The predicted molar refractivity (Wildman–Crippen MR) is 61.4 cm³/mol. The summed E-state index contributed by atoms with van der Waals surface area (Å²) in [7, 11) is 0. The number of aromatic nitrogens is 2. The van der Waals surface area contributed by atoms with Crippen molar-refractivity contribution in [1.29, 1.82) is 0 Å². The van der Waals surface area contributed by atoms with Gasteiger partial charge in [0.2, 0.25) is 11.8 Å². The standard InChI is InChI=1S/C11H18N4O2/c1-8-14-10(17-15-8)5-7-12-9-4-2-3-6-13-11(9)16/h9,12H,2-7H2,1H3,(H,13,16). The van der Waals surface area contributed by atoms with Gasteiger partial charge < -0.3 is 15.2 Å². The number of aryl methyl sites for hydroxylation is 1. The molecule has 1 saturated heterocycles. The zero-order chi connectivity index (χ0) is 12.1. The average molecular weight is 238 g/mol. The van der Waals surface area contributed by atoms with Gasteiger partial charge in [0.25, 0.3) is 0 Å². The lowest BCUT2D eigenvalue weighted by Crippen LogP contribution is -2.43. The van der Waals surface area contributed by atoms with E-state index in [-0.39, 0.29) is 11.9 Å². The number of nitrogens with one attached hydrogen (secondary N) is 2. The average Bonchev–Trinajstić information content (AvgIpc) is 2.61. The Kier molecular flexibility index (Phi) is 4.08. The van der Waals surface area contributed by atoms with Crippen molar-refractivity contribution >= 4 is 5.91 Å². The molecule has 17 heavy (non-hydrogen) atoms. The first-order chi connectivity index (χ1) is 8.25. The maximum absolute atomic E-state index is 11.6. The molecule has 1 atom stereocenters. The van der Waals surface area contributed by atoms with Gasteiger partial charge in [-0.3, -0.25) is 4.79 Å². The molecule has 1 amide bonds. The molecule has 2 heterocycles. The van der Waals surface area contributed by atoms with Crippen LogP contribution in [0.3, 0.4) is 0 Å². The predicted octanol–water partition coefficient (Wildman–Crippen LogP) is 0.179. The third kappa shape index (κ3) is 3.52. The molecule has 6 heteroatoms. The lowest BCUT2D eigenvalue weighted by Gasteiger charge is -2.13. The second kappa shape index (κ2) is 5.77. The number of carbonyl (C=O) groups excluding carboxylic acids is 1. The number of nitrogens with zero attached hydrogens (tertiary/aromatic N) is 2. The van der Waals surface area contributed by atoms with E-state index in [1.807, 2.05) is 0 Å². The molecule has 0 radical (unpaired) electrons. The summed E-state index contributed by atoms with van der Waals surface area (Å²) in [5.74, 6) is 1.36. The molecule has 1 fully saturated rings. The SMILES string of the molecule is Cc1noc(CCNC2CCCCNC2=O)n1. The van der Waals surface area contributed by atoms with Crippen LogP contribution in [-0.2, 0) is 11.2 Å². The first-order valence-corrected chi connectivity index (χ1v) is 6.06. The molecule has 0 saturated carbocycles. The molecule has 1 aliphatic rings. The fraction of sp³-hybridized carbons (Fsp3) is 0.727. The summed E-state index contributed by atoms with van der Waals surface area (Å²) in [4.78, 5) is 15.7. The molecule has 0 bridgehead atoms. The van der Waals surface area contributed by atoms with Crippen molar-refractivity contribution < 1.29 is 9.32 Å². The third-order valence-corrected chi connectivity index (χ3v) is 2.83. The van der Waals surface area contributed by atoms with Crippen LogP contribution in [0.2, 0.25) is 0 Å². The minimum atomic E-state index is -0.0819. The van der Waals surface area contributed by atoms with Gasteiger partial charge in [-0.2, -0.15) is 4.98 Å². The molecule has 2 rings (SSSR count). The highest BCUT2D eigenvalue weighted by Crippen LogP contribution is 2.05. The number of rotatable bonds is 4. The van der Waals surface area contributed by atoms with Crippen molar-refractivity contribution in [2.24, 2.45) is 0 Å². The molecule has 0 aromatic carbocycles. The van der Waals surface area contributed by atoms with Crippen molar-refractivity contribution in [3.05, 3.63) is 11.7 Å². The number of carbonyl (C=O) groups is 1. The first kappa shape index (κ1) is 12.0. The van der Waals surface area contributed by atoms with Crippen LogP contribution in [0, 0.1) is 6.92 Å². The van der Waals surface area contributed by atoms with Crippen molar-refractivity contribution in [2.75, 3.05) is 13.1 Å². The Labute approximate surface area is 100 Å². The summed E-state index contributed by atoms with van der Waals surface area (Å²) in [6, 6.07) is -0.0819. The van der Waals surface area contributed by atoms with Crippen LogP contribution >= 0.6 is 0 Å². The van der Waals surface area contributed by atoms with Crippen LogP contribution in [0.15, 0.2) is 4.52 Å². The maximum atomic E-state index is 11.6. The van der Waals surface area contributed by atoms with Crippen LogP contribution in [0.5, 0.6) is 0 Å². The minimum absolute atomic E-state index is 0.0819. The van der Waals surface area contributed by atoms with Gasteiger partial charge in [0, 0.05) is 19.5 Å².